The SMILES string of the molecule is CC(C)c1ccccc1Nc1ncnc(N)c1Br. The Kier molecular flexibility index (Phi) is 3.81. The Bertz CT molecular complexity index is 554. The molecule has 3 N–H and O–H groups in total. The fraction of sp³-hybridized carbons (Fsp3) is 0.231. The molecule has 94 valence electrons. The first-order valence-corrected chi connectivity index (χ1v) is 6.50. The normalized spacial score (nSPS) is 10.7. The topological polar surface area (TPSA) is 63.8 Å². The molecular formula is C13H15BrN4. The minimum atomic E-state index is 0.425. The van der Waals surface area contributed by atoms with Gasteiger partial charge in [0.15, 0.2) is 0 Å². The van der Waals surface area contributed by atoms with Crippen molar-refractivity contribution in [2.75, 3.05) is 11.1 Å². The minimum Gasteiger partial charge on any atom is -0.383 e. The molecule has 0 atom stereocenters. The van der Waals surface area contributed by atoms with Crippen LogP contribution in [0.1, 0.15) is 25.3 Å². The van der Waals surface area contributed by atoms with Crippen LogP contribution in [0, 0.1) is 0 Å². The molecule has 1 aromatic carbocycles. The molecule has 0 bridgehead atoms. The molecule has 1 heterocycles. The number of para-hydroxylation sites is 1. The molecule has 2 aromatic rings. The van der Waals surface area contributed by atoms with Crippen molar-refractivity contribution >= 4 is 33.3 Å². The molecule has 0 aliphatic rings. The maximum Gasteiger partial charge on any atom is 0.150 e. The predicted molar refractivity (Wildman–Crippen MR) is 78.0 cm³/mol. The summed E-state index contributed by atoms with van der Waals surface area (Å²) in [5.74, 6) is 1.54. The maximum absolute atomic E-state index is 5.73. The Balaban J connectivity index is 2.37. The number of nitrogens with two attached hydrogens (primary N) is 1. The molecule has 18 heavy (non-hydrogen) atoms. The fourth-order valence-corrected chi connectivity index (χ4v) is 2.02. The average molecular weight is 307 g/mol. The van der Waals surface area contributed by atoms with Crippen molar-refractivity contribution in [3.63, 3.8) is 0 Å². The lowest BCUT2D eigenvalue weighted by Crippen LogP contribution is -2.02. The van der Waals surface area contributed by atoms with Gasteiger partial charge in [-0.3, -0.25) is 0 Å². The van der Waals surface area contributed by atoms with Crippen LogP contribution in [0.4, 0.5) is 17.3 Å². The van der Waals surface area contributed by atoms with Gasteiger partial charge in [-0.2, -0.15) is 0 Å². The minimum absolute atomic E-state index is 0.425. The van der Waals surface area contributed by atoms with Crippen LogP contribution in [0.15, 0.2) is 35.1 Å². The summed E-state index contributed by atoms with van der Waals surface area (Å²) in [4.78, 5) is 8.10. The van der Waals surface area contributed by atoms with Crippen molar-refractivity contribution in [1.29, 1.82) is 0 Å². The van der Waals surface area contributed by atoms with Crippen LogP contribution in [0.25, 0.3) is 0 Å². The van der Waals surface area contributed by atoms with Gasteiger partial charge in [0, 0.05) is 5.69 Å². The molecule has 0 saturated heterocycles. The van der Waals surface area contributed by atoms with Crippen LogP contribution in [0.3, 0.4) is 0 Å². The lowest BCUT2D eigenvalue weighted by Gasteiger charge is -2.14. The summed E-state index contributed by atoms with van der Waals surface area (Å²) in [7, 11) is 0. The van der Waals surface area contributed by atoms with Crippen molar-refractivity contribution < 1.29 is 0 Å². The van der Waals surface area contributed by atoms with Gasteiger partial charge in [0.05, 0.1) is 0 Å². The lowest BCUT2D eigenvalue weighted by molar-refractivity contribution is 0.869. The van der Waals surface area contributed by atoms with Crippen molar-refractivity contribution in [3.05, 3.63) is 40.6 Å². The number of hydrogen-bond donors (Lipinski definition) is 2. The quantitative estimate of drug-likeness (QED) is 0.908. The second-order valence-electron chi connectivity index (χ2n) is 4.29. The van der Waals surface area contributed by atoms with Crippen molar-refractivity contribution in [1.82, 2.24) is 9.97 Å². The summed E-state index contributed by atoms with van der Waals surface area (Å²) in [6.07, 6.45) is 1.44. The molecular weight excluding hydrogens is 292 g/mol. The van der Waals surface area contributed by atoms with E-state index in [0.717, 1.165) is 5.69 Å². The van der Waals surface area contributed by atoms with Crippen molar-refractivity contribution in [2.24, 2.45) is 0 Å². The highest BCUT2D eigenvalue weighted by molar-refractivity contribution is 9.10. The van der Waals surface area contributed by atoms with E-state index in [4.69, 9.17) is 5.73 Å². The van der Waals surface area contributed by atoms with E-state index >= 15 is 0 Å². The number of hydrogen-bond acceptors (Lipinski definition) is 4. The number of anilines is 3. The molecule has 0 unspecified atom stereocenters. The van der Waals surface area contributed by atoms with Gasteiger partial charge >= 0.3 is 0 Å². The largest absolute Gasteiger partial charge is 0.383 e. The lowest BCUT2D eigenvalue weighted by atomic mass is 10.0. The fourth-order valence-electron chi connectivity index (χ4n) is 1.71. The monoisotopic (exact) mass is 306 g/mol. The molecule has 0 aliphatic heterocycles. The number of aromatic nitrogens is 2. The highest BCUT2D eigenvalue weighted by Crippen LogP contribution is 2.30. The van der Waals surface area contributed by atoms with Crippen LogP contribution < -0.4 is 11.1 Å². The molecule has 0 fully saturated rings. The molecule has 0 aliphatic carbocycles. The third-order valence-electron chi connectivity index (χ3n) is 2.65. The zero-order valence-electron chi connectivity index (χ0n) is 10.3. The Morgan fingerprint density at radius 3 is 2.67 bits per heavy atom. The highest BCUT2D eigenvalue weighted by Gasteiger charge is 2.10. The molecule has 1 aromatic heterocycles. The maximum atomic E-state index is 5.73. The first kappa shape index (κ1) is 12.8. The smallest absolute Gasteiger partial charge is 0.150 e. The zero-order chi connectivity index (χ0) is 13.1. The molecule has 2 rings (SSSR count). The average Bonchev–Trinajstić information content (AvgIpc) is 2.35. The Hall–Kier alpha value is -1.62. The van der Waals surface area contributed by atoms with Crippen molar-refractivity contribution in [2.45, 2.75) is 19.8 Å². The Morgan fingerprint density at radius 1 is 1.22 bits per heavy atom. The zero-order valence-corrected chi connectivity index (χ0v) is 11.9. The molecule has 0 saturated carbocycles. The standard InChI is InChI=1S/C13H15BrN4/c1-8(2)9-5-3-4-6-10(9)18-13-11(14)12(15)16-7-17-13/h3-8H,1-2H3,(H3,15,16,17,18). The number of benzene rings is 1. The van der Waals surface area contributed by atoms with E-state index in [9.17, 15) is 0 Å². The van der Waals surface area contributed by atoms with Crippen LogP contribution >= 0.6 is 15.9 Å². The summed E-state index contributed by atoms with van der Waals surface area (Å²) < 4.78 is 0.684. The number of rotatable bonds is 3. The molecule has 0 radical (unpaired) electrons. The predicted octanol–water partition coefficient (Wildman–Crippen LogP) is 3.69. The summed E-state index contributed by atoms with van der Waals surface area (Å²) >= 11 is 3.39. The van der Waals surface area contributed by atoms with Gasteiger partial charge < -0.3 is 11.1 Å². The first-order valence-electron chi connectivity index (χ1n) is 5.71. The van der Waals surface area contributed by atoms with Gasteiger partial charge in [0.25, 0.3) is 0 Å². The second kappa shape index (κ2) is 5.35. The van der Waals surface area contributed by atoms with Gasteiger partial charge in [-0.1, -0.05) is 32.0 Å². The van der Waals surface area contributed by atoms with E-state index in [0.29, 0.717) is 22.0 Å². The van der Waals surface area contributed by atoms with E-state index in [-0.39, 0.29) is 0 Å². The van der Waals surface area contributed by atoms with E-state index < -0.39 is 0 Å². The van der Waals surface area contributed by atoms with Gasteiger partial charge in [-0.25, -0.2) is 9.97 Å². The van der Waals surface area contributed by atoms with E-state index in [1.54, 1.807) is 0 Å². The number of nitrogens with one attached hydrogen (secondary N) is 1. The number of halogens is 1. The second-order valence-corrected chi connectivity index (χ2v) is 5.08. The summed E-state index contributed by atoms with van der Waals surface area (Å²) in [6.45, 7) is 4.31. The molecule has 5 heteroatoms. The molecule has 0 amide bonds. The van der Waals surface area contributed by atoms with Crippen LogP contribution in [-0.2, 0) is 0 Å². The van der Waals surface area contributed by atoms with Crippen LogP contribution in [-0.4, -0.2) is 9.97 Å². The van der Waals surface area contributed by atoms with Gasteiger partial charge in [-0.15, -0.1) is 0 Å². The summed E-state index contributed by atoms with van der Waals surface area (Å²) in [6, 6.07) is 8.15. The Morgan fingerprint density at radius 2 is 1.94 bits per heavy atom. The number of nitrogen functional groups attached to an aromatic ring is 1. The van der Waals surface area contributed by atoms with E-state index in [1.807, 2.05) is 18.2 Å². The summed E-state index contributed by atoms with van der Waals surface area (Å²) in [5.41, 5.74) is 8.01. The van der Waals surface area contributed by atoms with Gasteiger partial charge in [-0.05, 0) is 33.5 Å². The first-order chi connectivity index (χ1) is 8.59. The van der Waals surface area contributed by atoms with Crippen molar-refractivity contribution in [3.8, 4) is 0 Å². The third-order valence-corrected chi connectivity index (χ3v) is 3.43. The van der Waals surface area contributed by atoms with E-state index in [2.05, 4.69) is 51.1 Å². The highest BCUT2D eigenvalue weighted by atomic mass is 79.9. The number of nitrogens with zero attached hydrogens (tertiary/aromatic N) is 2. The summed E-state index contributed by atoms with van der Waals surface area (Å²) in [5, 5.41) is 3.28. The Labute approximate surface area is 115 Å². The van der Waals surface area contributed by atoms with Crippen LogP contribution in [0.2, 0.25) is 0 Å². The van der Waals surface area contributed by atoms with Crippen LogP contribution in [0.5, 0.6) is 0 Å². The van der Waals surface area contributed by atoms with Gasteiger partial charge in [0.1, 0.15) is 22.4 Å². The van der Waals surface area contributed by atoms with Gasteiger partial charge in [0.2, 0.25) is 0 Å². The molecule has 4 nitrogen and oxygen atoms in total. The van der Waals surface area contributed by atoms with E-state index in [1.165, 1.54) is 11.9 Å². The third kappa shape index (κ3) is 2.61. The molecule has 0 spiro atoms.